The van der Waals surface area contributed by atoms with E-state index in [-0.39, 0.29) is 5.91 Å². The molecule has 2 aromatic carbocycles. The van der Waals surface area contributed by atoms with Gasteiger partial charge in [0.2, 0.25) is 5.91 Å². The van der Waals surface area contributed by atoms with Crippen molar-refractivity contribution in [2.75, 3.05) is 5.32 Å². The molecule has 2 heterocycles. The third-order valence-corrected chi connectivity index (χ3v) is 4.71. The number of ether oxygens (including phenoxy) is 1. The number of carbonyl (C=O) groups is 1. The maximum Gasteiger partial charge on any atom is 0.221 e. The highest BCUT2D eigenvalue weighted by atomic mass is 35.5. The summed E-state index contributed by atoms with van der Waals surface area (Å²) < 4.78 is 7.93. The first-order chi connectivity index (χ1) is 14.0. The second-order valence-corrected chi connectivity index (χ2v) is 7.12. The molecular formula is C22H19ClN4O2. The number of hydrogen-bond acceptors (Lipinski definition) is 4. The summed E-state index contributed by atoms with van der Waals surface area (Å²) in [6, 6.07) is 17.3. The zero-order valence-corrected chi connectivity index (χ0v) is 16.8. The second-order valence-electron chi connectivity index (χ2n) is 6.68. The SMILES string of the molecule is CC(=O)Nc1cc(-c2cc(Cl)ccc2OCc2ccccc2)cn2c(C)nnc12. The summed E-state index contributed by atoms with van der Waals surface area (Å²) in [5.41, 5.74) is 3.86. The van der Waals surface area contributed by atoms with Crippen LogP contribution in [0.5, 0.6) is 5.75 Å². The molecule has 4 aromatic rings. The number of nitrogens with one attached hydrogen (secondary N) is 1. The van der Waals surface area contributed by atoms with Crippen molar-refractivity contribution in [3.8, 4) is 16.9 Å². The summed E-state index contributed by atoms with van der Waals surface area (Å²) >= 11 is 6.28. The molecule has 0 aliphatic rings. The van der Waals surface area contributed by atoms with Crippen LogP contribution in [0.1, 0.15) is 18.3 Å². The lowest BCUT2D eigenvalue weighted by Crippen LogP contribution is -2.08. The van der Waals surface area contributed by atoms with Crippen LogP contribution in [0.3, 0.4) is 0 Å². The monoisotopic (exact) mass is 406 g/mol. The molecule has 0 fully saturated rings. The minimum atomic E-state index is -0.184. The van der Waals surface area contributed by atoms with E-state index in [1.807, 2.05) is 66.1 Å². The smallest absolute Gasteiger partial charge is 0.221 e. The van der Waals surface area contributed by atoms with Crippen molar-refractivity contribution in [2.45, 2.75) is 20.5 Å². The van der Waals surface area contributed by atoms with Gasteiger partial charge in [-0.05, 0) is 36.8 Å². The lowest BCUT2D eigenvalue weighted by atomic mass is 10.1. The van der Waals surface area contributed by atoms with E-state index in [1.54, 1.807) is 6.07 Å². The van der Waals surface area contributed by atoms with Gasteiger partial charge in [0, 0.05) is 29.3 Å². The molecule has 0 unspecified atom stereocenters. The molecule has 1 N–H and O–H groups in total. The van der Waals surface area contributed by atoms with Crippen LogP contribution < -0.4 is 10.1 Å². The summed E-state index contributed by atoms with van der Waals surface area (Å²) in [6.07, 6.45) is 1.91. The summed E-state index contributed by atoms with van der Waals surface area (Å²) in [5, 5.41) is 11.7. The van der Waals surface area contributed by atoms with Crippen LogP contribution in [0.4, 0.5) is 5.69 Å². The molecule has 0 bridgehead atoms. The van der Waals surface area contributed by atoms with Gasteiger partial charge in [0.25, 0.3) is 0 Å². The zero-order chi connectivity index (χ0) is 20.4. The van der Waals surface area contributed by atoms with E-state index in [2.05, 4.69) is 15.5 Å². The lowest BCUT2D eigenvalue weighted by Gasteiger charge is -2.14. The van der Waals surface area contributed by atoms with Gasteiger partial charge in [-0.3, -0.25) is 9.20 Å². The van der Waals surface area contributed by atoms with Gasteiger partial charge in [-0.25, -0.2) is 0 Å². The highest BCUT2D eigenvalue weighted by Crippen LogP contribution is 2.35. The summed E-state index contributed by atoms with van der Waals surface area (Å²) in [6.45, 7) is 3.74. The van der Waals surface area contributed by atoms with Gasteiger partial charge in [-0.15, -0.1) is 10.2 Å². The molecule has 0 spiro atoms. The van der Waals surface area contributed by atoms with Crippen LogP contribution in [-0.2, 0) is 11.4 Å². The van der Waals surface area contributed by atoms with Crippen LogP contribution >= 0.6 is 11.6 Å². The number of aromatic nitrogens is 3. The molecule has 0 aliphatic carbocycles. The molecule has 0 aliphatic heterocycles. The fourth-order valence-electron chi connectivity index (χ4n) is 3.12. The van der Waals surface area contributed by atoms with E-state index < -0.39 is 0 Å². The second kappa shape index (κ2) is 7.93. The van der Waals surface area contributed by atoms with Crippen molar-refractivity contribution in [1.29, 1.82) is 0 Å². The largest absolute Gasteiger partial charge is 0.488 e. The van der Waals surface area contributed by atoms with Crippen molar-refractivity contribution >= 4 is 28.8 Å². The van der Waals surface area contributed by atoms with Crippen molar-refractivity contribution in [3.05, 3.63) is 77.2 Å². The van der Waals surface area contributed by atoms with Crippen molar-refractivity contribution < 1.29 is 9.53 Å². The fourth-order valence-corrected chi connectivity index (χ4v) is 3.29. The molecule has 0 saturated carbocycles. The Hall–Kier alpha value is -3.38. The van der Waals surface area contributed by atoms with E-state index in [1.165, 1.54) is 6.92 Å². The molecule has 7 heteroatoms. The third-order valence-electron chi connectivity index (χ3n) is 4.48. The summed E-state index contributed by atoms with van der Waals surface area (Å²) in [7, 11) is 0. The number of fused-ring (bicyclic) bond motifs is 1. The van der Waals surface area contributed by atoms with Gasteiger partial charge in [0.05, 0.1) is 5.69 Å². The average Bonchev–Trinajstić information content (AvgIpc) is 3.08. The normalized spacial score (nSPS) is 10.9. The first-order valence-electron chi connectivity index (χ1n) is 9.11. The van der Waals surface area contributed by atoms with Crippen LogP contribution in [0.25, 0.3) is 16.8 Å². The number of hydrogen-bond donors (Lipinski definition) is 1. The minimum Gasteiger partial charge on any atom is -0.488 e. The van der Waals surface area contributed by atoms with Gasteiger partial charge in [-0.2, -0.15) is 0 Å². The van der Waals surface area contributed by atoms with E-state index in [0.29, 0.717) is 34.5 Å². The standard InChI is InChI=1S/C22H19ClN4O2/c1-14-25-26-22-20(24-15(2)28)10-17(12-27(14)22)19-11-18(23)8-9-21(19)29-13-16-6-4-3-5-7-16/h3-12H,13H2,1-2H3,(H,24,28). The van der Waals surface area contributed by atoms with Crippen molar-refractivity contribution in [3.63, 3.8) is 0 Å². The van der Waals surface area contributed by atoms with E-state index >= 15 is 0 Å². The van der Waals surface area contributed by atoms with E-state index in [0.717, 1.165) is 16.7 Å². The number of aryl methyl sites for hydroxylation is 1. The Bertz CT molecular complexity index is 1190. The molecule has 0 radical (unpaired) electrons. The number of halogens is 1. The predicted molar refractivity (Wildman–Crippen MR) is 113 cm³/mol. The highest BCUT2D eigenvalue weighted by Gasteiger charge is 2.15. The Morgan fingerprint density at radius 2 is 1.93 bits per heavy atom. The van der Waals surface area contributed by atoms with Crippen LogP contribution in [0.15, 0.2) is 60.8 Å². The topological polar surface area (TPSA) is 68.5 Å². The van der Waals surface area contributed by atoms with Crippen LogP contribution in [0.2, 0.25) is 5.02 Å². The highest BCUT2D eigenvalue weighted by molar-refractivity contribution is 6.31. The fraction of sp³-hybridized carbons (Fsp3) is 0.136. The summed E-state index contributed by atoms with van der Waals surface area (Å²) in [4.78, 5) is 11.7. The first-order valence-corrected chi connectivity index (χ1v) is 9.48. The number of pyridine rings is 1. The minimum absolute atomic E-state index is 0.184. The Labute approximate surface area is 173 Å². The molecule has 6 nitrogen and oxygen atoms in total. The Morgan fingerprint density at radius 3 is 2.69 bits per heavy atom. The van der Waals surface area contributed by atoms with Gasteiger partial charge in [0.1, 0.15) is 18.2 Å². The van der Waals surface area contributed by atoms with Gasteiger partial charge < -0.3 is 10.1 Å². The van der Waals surface area contributed by atoms with Crippen LogP contribution in [-0.4, -0.2) is 20.5 Å². The zero-order valence-electron chi connectivity index (χ0n) is 16.0. The number of nitrogens with zero attached hydrogens (tertiary/aromatic N) is 3. The van der Waals surface area contributed by atoms with Crippen LogP contribution in [0, 0.1) is 6.92 Å². The third kappa shape index (κ3) is 4.07. The Kier molecular flexibility index (Phi) is 5.18. The molecule has 0 atom stereocenters. The maximum absolute atomic E-state index is 11.7. The molecule has 29 heavy (non-hydrogen) atoms. The van der Waals surface area contributed by atoms with E-state index in [9.17, 15) is 4.79 Å². The Morgan fingerprint density at radius 1 is 1.14 bits per heavy atom. The average molecular weight is 407 g/mol. The first kappa shape index (κ1) is 19.0. The van der Waals surface area contributed by atoms with Gasteiger partial charge in [-0.1, -0.05) is 41.9 Å². The van der Waals surface area contributed by atoms with Gasteiger partial charge in [0.15, 0.2) is 5.65 Å². The number of rotatable bonds is 5. The quantitative estimate of drug-likeness (QED) is 0.512. The lowest BCUT2D eigenvalue weighted by molar-refractivity contribution is -0.114. The van der Waals surface area contributed by atoms with E-state index in [4.69, 9.17) is 16.3 Å². The maximum atomic E-state index is 11.7. The van der Waals surface area contributed by atoms with Crippen molar-refractivity contribution in [1.82, 2.24) is 14.6 Å². The number of benzene rings is 2. The molecule has 1 amide bonds. The number of amides is 1. The number of anilines is 1. The number of carbonyl (C=O) groups excluding carboxylic acids is 1. The molecule has 146 valence electrons. The molecule has 2 aromatic heterocycles. The predicted octanol–water partition coefficient (Wildman–Crippen LogP) is 4.90. The van der Waals surface area contributed by atoms with Crippen molar-refractivity contribution in [2.24, 2.45) is 0 Å². The molecule has 4 rings (SSSR count). The summed E-state index contributed by atoms with van der Waals surface area (Å²) in [5.74, 6) is 1.22. The molecule has 0 saturated heterocycles. The van der Waals surface area contributed by atoms with Gasteiger partial charge >= 0.3 is 0 Å². The Balaban J connectivity index is 1.79. The molecular weight excluding hydrogens is 388 g/mol.